The molecule has 2 aliphatic heterocycles. The number of carbonyl (C=O) groups excluding carboxylic acids is 2. The van der Waals surface area contributed by atoms with Gasteiger partial charge >= 0.3 is 6.03 Å². The monoisotopic (exact) mass is 285 g/mol. The average Bonchev–Trinajstić information content (AvgIpc) is 2.80. The molecule has 110 valence electrons. The molecule has 0 saturated carbocycles. The summed E-state index contributed by atoms with van der Waals surface area (Å²) in [4.78, 5) is 28.7. The Labute approximate surface area is 124 Å². The molecule has 3 rings (SSSR count). The highest BCUT2D eigenvalue weighted by molar-refractivity contribution is 6.46. The third-order valence-corrected chi connectivity index (χ3v) is 4.12. The van der Waals surface area contributed by atoms with Crippen molar-refractivity contribution in [3.8, 4) is 0 Å². The number of rotatable bonds is 3. The van der Waals surface area contributed by atoms with Crippen molar-refractivity contribution in [1.82, 2.24) is 5.32 Å². The van der Waals surface area contributed by atoms with E-state index in [0.717, 1.165) is 24.2 Å². The molecule has 1 saturated heterocycles. The van der Waals surface area contributed by atoms with Gasteiger partial charge in [-0.2, -0.15) is 4.99 Å². The fourth-order valence-corrected chi connectivity index (χ4v) is 2.90. The third-order valence-electron chi connectivity index (χ3n) is 4.12. The minimum atomic E-state index is -0.558. The lowest BCUT2D eigenvalue weighted by molar-refractivity contribution is -0.113. The zero-order valence-electron chi connectivity index (χ0n) is 12.2. The quantitative estimate of drug-likeness (QED) is 0.926. The molecule has 21 heavy (non-hydrogen) atoms. The number of carbonyl (C=O) groups is 2. The summed E-state index contributed by atoms with van der Waals surface area (Å²) in [6, 6.07) is 5.74. The first-order chi connectivity index (χ1) is 10.1. The molecule has 0 radical (unpaired) electrons. The lowest BCUT2D eigenvalue weighted by Gasteiger charge is -2.29. The van der Waals surface area contributed by atoms with Crippen LogP contribution < -0.4 is 10.2 Å². The van der Waals surface area contributed by atoms with Crippen molar-refractivity contribution < 1.29 is 9.59 Å². The molecule has 3 amide bonds. The predicted octanol–water partition coefficient (Wildman–Crippen LogP) is 2.22. The number of nitrogens with one attached hydrogen (secondary N) is 1. The topological polar surface area (TPSA) is 61.8 Å². The van der Waals surface area contributed by atoms with Crippen LogP contribution in [0.2, 0.25) is 0 Å². The lowest BCUT2D eigenvalue weighted by atomic mass is 10.0. The summed E-state index contributed by atoms with van der Waals surface area (Å²) in [5.41, 5.74) is 3.71. The van der Waals surface area contributed by atoms with Gasteiger partial charge in [-0.15, -0.1) is 0 Å². The molecule has 5 heteroatoms. The van der Waals surface area contributed by atoms with Crippen LogP contribution in [-0.2, 0) is 11.2 Å². The van der Waals surface area contributed by atoms with E-state index >= 15 is 0 Å². The number of hydrogen-bond acceptors (Lipinski definition) is 3. The van der Waals surface area contributed by atoms with E-state index in [1.807, 2.05) is 13.0 Å². The van der Waals surface area contributed by atoms with Crippen molar-refractivity contribution in [3.63, 3.8) is 0 Å². The Balaban J connectivity index is 1.77. The zero-order valence-corrected chi connectivity index (χ0v) is 12.2. The molecular formula is C16H19N3O2. The van der Waals surface area contributed by atoms with Crippen LogP contribution >= 0.6 is 0 Å². The Morgan fingerprint density at radius 3 is 2.57 bits per heavy atom. The highest BCUT2D eigenvalue weighted by Gasteiger charge is 2.23. The van der Waals surface area contributed by atoms with E-state index in [4.69, 9.17) is 0 Å². The Morgan fingerprint density at radius 2 is 1.95 bits per heavy atom. The Morgan fingerprint density at radius 1 is 1.19 bits per heavy atom. The Bertz CT molecular complexity index is 616. The van der Waals surface area contributed by atoms with Crippen LogP contribution in [0, 0.1) is 6.92 Å². The second-order valence-electron chi connectivity index (χ2n) is 5.65. The zero-order chi connectivity index (χ0) is 14.8. The normalized spacial score (nSPS) is 18.7. The van der Waals surface area contributed by atoms with Crippen molar-refractivity contribution in [2.24, 2.45) is 4.99 Å². The van der Waals surface area contributed by atoms with Gasteiger partial charge in [0, 0.05) is 25.2 Å². The van der Waals surface area contributed by atoms with Gasteiger partial charge in [-0.1, -0.05) is 6.07 Å². The van der Waals surface area contributed by atoms with Gasteiger partial charge in [0.25, 0.3) is 5.91 Å². The molecule has 0 spiro atoms. The first-order valence-corrected chi connectivity index (χ1v) is 7.41. The highest BCUT2D eigenvalue weighted by atomic mass is 16.2. The number of urea groups is 1. The molecule has 1 fully saturated rings. The van der Waals surface area contributed by atoms with Crippen LogP contribution in [0.25, 0.3) is 0 Å². The fourth-order valence-electron chi connectivity index (χ4n) is 2.90. The van der Waals surface area contributed by atoms with Crippen LogP contribution in [0.1, 0.15) is 30.4 Å². The number of aliphatic imine (C=N–C) groups is 1. The number of anilines is 1. The number of benzene rings is 1. The number of nitrogens with zero attached hydrogens (tertiary/aromatic N) is 2. The smallest absolute Gasteiger partial charge is 0.348 e. The van der Waals surface area contributed by atoms with Gasteiger partial charge in [0.1, 0.15) is 5.71 Å². The summed E-state index contributed by atoms with van der Waals surface area (Å²) >= 11 is 0. The summed E-state index contributed by atoms with van der Waals surface area (Å²) in [5.74, 6) is -0.375. The molecule has 0 unspecified atom stereocenters. The number of imide groups is 1. The van der Waals surface area contributed by atoms with Crippen molar-refractivity contribution in [1.29, 1.82) is 0 Å². The van der Waals surface area contributed by atoms with Gasteiger partial charge in [-0.05, 0) is 49.4 Å². The van der Waals surface area contributed by atoms with E-state index in [1.165, 1.54) is 24.9 Å². The number of aryl methyl sites for hydroxylation is 1. The largest absolute Gasteiger partial charge is 0.372 e. The highest BCUT2D eigenvalue weighted by Crippen LogP contribution is 2.23. The maximum Gasteiger partial charge on any atom is 0.348 e. The number of amides is 3. The molecule has 0 bridgehead atoms. The molecule has 0 atom stereocenters. The van der Waals surface area contributed by atoms with Gasteiger partial charge in [-0.3, -0.25) is 10.1 Å². The van der Waals surface area contributed by atoms with E-state index in [0.29, 0.717) is 12.1 Å². The van der Waals surface area contributed by atoms with Gasteiger partial charge in [0.15, 0.2) is 0 Å². The van der Waals surface area contributed by atoms with Crippen LogP contribution in [-0.4, -0.2) is 30.7 Å². The molecular weight excluding hydrogens is 266 g/mol. The van der Waals surface area contributed by atoms with Crippen molar-refractivity contribution in [2.75, 3.05) is 18.0 Å². The van der Waals surface area contributed by atoms with E-state index in [9.17, 15) is 9.59 Å². The first kappa shape index (κ1) is 13.8. The van der Waals surface area contributed by atoms with E-state index in [2.05, 4.69) is 27.3 Å². The van der Waals surface area contributed by atoms with Crippen LogP contribution in [0.3, 0.4) is 0 Å². The fraction of sp³-hybridized carbons (Fsp3) is 0.438. The average molecular weight is 285 g/mol. The van der Waals surface area contributed by atoms with Gasteiger partial charge in [0.05, 0.1) is 0 Å². The lowest BCUT2D eigenvalue weighted by Crippen LogP contribution is -2.29. The van der Waals surface area contributed by atoms with Crippen molar-refractivity contribution in [2.45, 2.75) is 32.6 Å². The molecule has 2 aliphatic rings. The van der Waals surface area contributed by atoms with Gasteiger partial charge in [0.2, 0.25) is 0 Å². The van der Waals surface area contributed by atoms with Crippen LogP contribution in [0.4, 0.5) is 10.5 Å². The standard InChI is InChI=1S/C16H19N3O2/c1-11-9-13(19-7-3-2-4-8-19)6-5-12(11)10-14-15(20)18-16(21)17-14/h5-6,9H,2-4,7-8,10H2,1H3,(H,18,20,21). The number of hydrogen-bond donors (Lipinski definition) is 1. The maximum atomic E-state index is 11.5. The molecule has 0 aliphatic carbocycles. The Kier molecular flexibility index (Phi) is 3.73. The second kappa shape index (κ2) is 5.68. The van der Waals surface area contributed by atoms with E-state index < -0.39 is 6.03 Å². The minimum Gasteiger partial charge on any atom is -0.372 e. The van der Waals surface area contributed by atoms with Gasteiger partial charge in [-0.25, -0.2) is 4.79 Å². The summed E-state index contributed by atoms with van der Waals surface area (Å²) in [5, 5.41) is 2.18. The molecule has 1 aromatic rings. The summed E-state index contributed by atoms with van der Waals surface area (Å²) in [7, 11) is 0. The van der Waals surface area contributed by atoms with Crippen LogP contribution in [0.5, 0.6) is 0 Å². The maximum absolute atomic E-state index is 11.5. The van der Waals surface area contributed by atoms with Crippen LogP contribution in [0.15, 0.2) is 23.2 Å². The van der Waals surface area contributed by atoms with Crippen molar-refractivity contribution >= 4 is 23.3 Å². The minimum absolute atomic E-state index is 0.300. The predicted molar refractivity (Wildman–Crippen MR) is 81.9 cm³/mol. The summed E-state index contributed by atoms with van der Waals surface area (Å²) in [6.07, 6.45) is 4.22. The first-order valence-electron chi connectivity index (χ1n) is 7.41. The number of piperidine rings is 1. The summed E-state index contributed by atoms with van der Waals surface area (Å²) < 4.78 is 0. The molecule has 0 aromatic heterocycles. The molecule has 5 nitrogen and oxygen atoms in total. The third kappa shape index (κ3) is 2.96. The van der Waals surface area contributed by atoms with E-state index in [1.54, 1.807) is 0 Å². The van der Waals surface area contributed by atoms with Crippen molar-refractivity contribution in [3.05, 3.63) is 29.3 Å². The Hall–Kier alpha value is -2.17. The van der Waals surface area contributed by atoms with Gasteiger partial charge < -0.3 is 4.90 Å². The second-order valence-corrected chi connectivity index (χ2v) is 5.65. The molecule has 1 aromatic carbocycles. The molecule has 1 N–H and O–H groups in total. The SMILES string of the molecule is Cc1cc(N2CCCCC2)ccc1CC1=NC(=O)NC1=O. The summed E-state index contributed by atoms with van der Waals surface area (Å²) in [6.45, 7) is 4.27. The van der Waals surface area contributed by atoms with E-state index in [-0.39, 0.29) is 5.91 Å². The molecule has 2 heterocycles.